The highest BCUT2D eigenvalue weighted by Crippen LogP contribution is 2.33. The number of hydrogen-bond acceptors (Lipinski definition) is 11. The van der Waals surface area contributed by atoms with Gasteiger partial charge in [-0.3, -0.25) is 4.79 Å². The fourth-order valence-electron chi connectivity index (χ4n) is 9.95. The summed E-state index contributed by atoms with van der Waals surface area (Å²) in [6.45, 7) is 4.64. The zero-order valence-electron chi connectivity index (χ0n) is 47.8. The molecule has 5 unspecified atom stereocenters. The molecule has 2 N–H and O–H groups in total. The Bertz CT molecular complexity index is 2820. The Balaban J connectivity index is 1.04. The first kappa shape index (κ1) is 62.0. The van der Waals surface area contributed by atoms with Crippen molar-refractivity contribution in [1.82, 2.24) is 10.6 Å². The van der Waals surface area contributed by atoms with Gasteiger partial charge in [0, 0.05) is 13.0 Å². The van der Waals surface area contributed by atoms with Gasteiger partial charge in [-0.15, -0.1) is 0 Å². The fraction of sp³-hybridized carbons (Fsp3) is 0.371. The van der Waals surface area contributed by atoms with Crippen LogP contribution in [0.1, 0.15) is 90.8 Å². The molecule has 0 aliphatic carbocycles. The first-order valence-electron chi connectivity index (χ1n) is 29.4. The molecule has 1 aliphatic rings. The zero-order valence-corrected chi connectivity index (χ0v) is 47.8. The monoisotopic (exact) mass is 1130 g/mol. The lowest BCUT2D eigenvalue weighted by molar-refractivity contribution is -0.330. The summed E-state index contributed by atoms with van der Waals surface area (Å²) in [6.07, 6.45) is -0.595. The molecule has 7 aromatic rings. The molecule has 438 valence electrons. The predicted molar refractivity (Wildman–Crippen MR) is 320 cm³/mol. The molecule has 1 fully saturated rings. The maximum absolute atomic E-state index is 14.4. The van der Waals surface area contributed by atoms with Crippen molar-refractivity contribution in [2.24, 2.45) is 0 Å². The summed E-state index contributed by atoms with van der Waals surface area (Å²) >= 11 is 0. The Morgan fingerprint density at radius 1 is 0.458 bits per heavy atom. The first-order valence-corrected chi connectivity index (χ1v) is 29.4. The van der Waals surface area contributed by atoms with Crippen LogP contribution in [0, 0.1) is 0 Å². The van der Waals surface area contributed by atoms with Crippen LogP contribution in [-0.2, 0) is 93.7 Å². The molecule has 2 amide bonds. The second-order valence-corrected chi connectivity index (χ2v) is 20.8. The van der Waals surface area contributed by atoms with Crippen molar-refractivity contribution in [2.45, 2.75) is 147 Å². The highest BCUT2D eigenvalue weighted by molar-refractivity contribution is 5.76. The number of rotatable bonds is 36. The van der Waals surface area contributed by atoms with Gasteiger partial charge in [0.15, 0.2) is 6.29 Å². The van der Waals surface area contributed by atoms with E-state index in [0.29, 0.717) is 32.6 Å². The van der Waals surface area contributed by atoms with Gasteiger partial charge < -0.3 is 53.3 Å². The Hall–Kier alpha value is -7.04. The number of amides is 2. The number of nitrogens with one attached hydrogen (secondary N) is 2. The Labute approximate surface area is 490 Å². The van der Waals surface area contributed by atoms with E-state index in [2.05, 4.69) is 17.6 Å². The van der Waals surface area contributed by atoms with Gasteiger partial charge in [-0.05, 0) is 58.2 Å². The molecule has 13 heteroatoms. The van der Waals surface area contributed by atoms with Crippen LogP contribution in [0.3, 0.4) is 0 Å². The molecule has 8 rings (SSSR count). The summed E-state index contributed by atoms with van der Waals surface area (Å²) in [7, 11) is 0. The summed E-state index contributed by atoms with van der Waals surface area (Å²) < 4.78 is 60.9. The predicted octanol–water partition coefficient (Wildman–Crippen LogP) is 13.0. The van der Waals surface area contributed by atoms with Crippen LogP contribution in [0.15, 0.2) is 212 Å². The molecule has 1 aliphatic heterocycles. The molecule has 7 aromatic carbocycles. The van der Waals surface area contributed by atoms with Crippen molar-refractivity contribution in [3.8, 4) is 0 Å². The number of ether oxygens (including phenoxy) is 9. The zero-order chi connectivity index (χ0) is 57.4. The molecule has 0 spiro atoms. The maximum atomic E-state index is 14.4. The van der Waals surface area contributed by atoms with E-state index in [1.807, 2.05) is 212 Å². The molecule has 0 bridgehead atoms. The summed E-state index contributed by atoms with van der Waals surface area (Å²) in [6, 6.07) is 69.0. The molecular weight excluding hydrogens is 1040 g/mol. The van der Waals surface area contributed by atoms with Crippen LogP contribution >= 0.6 is 0 Å². The first-order chi connectivity index (χ1) is 41.0. The molecule has 1 saturated heterocycles. The van der Waals surface area contributed by atoms with Gasteiger partial charge in [0.2, 0.25) is 5.91 Å². The molecule has 1 heterocycles. The number of benzene rings is 7. The van der Waals surface area contributed by atoms with Gasteiger partial charge >= 0.3 is 6.09 Å². The molecule has 13 nitrogen and oxygen atoms in total. The lowest BCUT2D eigenvalue weighted by Crippen LogP contribution is -2.62. The molecule has 0 radical (unpaired) electrons. The van der Waals surface area contributed by atoms with Crippen molar-refractivity contribution >= 4 is 12.0 Å². The van der Waals surface area contributed by atoms with Crippen LogP contribution in [-0.4, -0.2) is 80.7 Å². The average molecular weight is 1130 g/mol. The van der Waals surface area contributed by atoms with Crippen molar-refractivity contribution in [1.29, 1.82) is 0 Å². The Kier molecular flexibility index (Phi) is 26.8. The minimum absolute atomic E-state index is 0.0361. The SMILES string of the molecule is CC[C@@H](OCc1ccccc1)[C@@H](OCc1ccccc1)[C@H](COC1OC(COCc2ccccc2)C(OCc2ccccc2)C(OCc2ccccc2)C1OCc1ccccc1)NC(=O)CCCCCCCNC(=O)OCc1ccccc1. The Morgan fingerprint density at radius 3 is 1.39 bits per heavy atom. The molecule has 8 atom stereocenters. The lowest BCUT2D eigenvalue weighted by Gasteiger charge is -2.46. The largest absolute Gasteiger partial charge is 0.445 e. The van der Waals surface area contributed by atoms with Crippen molar-refractivity contribution in [3.05, 3.63) is 251 Å². The third-order valence-electron chi connectivity index (χ3n) is 14.4. The van der Waals surface area contributed by atoms with E-state index in [9.17, 15) is 9.59 Å². The Morgan fingerprint density at radius 2 is 0.880 bits per heavy atom. The summed E-state index contributed by atoms with van der Waals surface area (Å²) in [5.74, 6) is -0.139. The number of alkyl carbamates (subject to hydrolysis) is 1. The summed E-state index contributed by atoms with van der Waals surface area (Å²) in [5, 5.41) is 6.24. The quantitative estimate of drug-likeness (QED) is 0.0363. The van der Waals surface area contributed by atoms with Gasteiger partial charge in [-0.25, -0.2) is 4.79 Å². The maximum Gasteiger partial charge on any atom is 0.407 e. The minimum atomic E-state index is -1.04. The minimum Gasteiger partial charge on any atom is -0.445 e. The second kappa shape index (κ2) is 35.8. The van der Waals surface area contributed by atoms with Gasteiger partial charge in [-0.2, -0.15) is 0 Å². The third-order valence-corrected chi connectivity index (χ3v) is 14.4. The van der Waals surface area contributed by atoms with E-state index >= 15 is 0 Å². The van der Waals surface area contributed by atoms with Gasteiger partial charge in [0.25, 0.3) is 0 Å². The normalized spacial score (nSPS) is 17.9. The van der Waals surface area contributed by atoms with Crippen LogP contribution in [0.2, 0.25) is 0 Å². The molecule has 83 heavy (non-hydrogen) atoms. The van der Waals surface area contributed by atoms with Crippen LogP contribution in [0.25, 0.3) is 0 Å². The smallest absolute Gasteiger partial charge is 0.407 e. The van der Waals surface area contributed by atoms with Gasteiger partial charge in [-0.1, -0.05) is 239 Å². The summed E-state index contributed by atoms with van der Waals surface area (Å²) in [5.41, 5.74) is 6.88. The van der Waals surface area contributed by atoms with E-state index in [1.165, 1.54) is 0 Å². The van der Waals surface area contributed by atoms with Crippen molar-refractivity contribution in [2.75, 3.05) is 19.8 Å². The average Bonchev–Trinajstić information content (AvgIpc) is 3.73. The number of carbonyl (C=O) groups is 2. The molecule has 0 saturated carbocycles. The van der Waals surface area contributed by atoms with Crippen LogP contribution in [0.5, 0.6) is 0 Å². The standard InChI is InChI=1S/C70H82N2O11/c1-2-62(76-46-55-31-15-7-16-32-55)65(77-47-56-33-17-8-18-34-56)61(72-64(73)43-27-4-3-5-28-44-71-70(74)82-51-60-41-25-12-26-42-60)52-81-69-68(80-50-59-39-23-11-24-40-59)67(79-49-58-37-21-10-22-38-58)66(78-48-57-35-19-9-20-36-57)63(83-69)53-75-45-54-29-13-6-14-30-54/h6-26,29-42,61-63,65-69H,2-5,27-28,43-53H2,1H3,(H,71,74)(H,72,73)/t61-,62+,63?,65-,66?,67?,68?,69?/m0/s1. The van der Waals surface area contributed by atoms with Gasteiger partial charge in [0.1, 0.15) is 37.1 Å². The molecule has 0 aromatic heterocycles. The van der Waals surface area contributed by atoms with Crippen LogP contribution < -0.4 is 10.6 Å². The van der Waals surface area contributed by atoms with E-state index in [1.54, 1.807) is 0 Å². The number of carbonyl (C=O) groups excluding carboxylic acids is 2. The highest BCUT2D eigenvalue weighted by Gasteiger charge is 2.50. The topological polar surface area (TPSA) is 141 Å². The third kappa shape index (κ3) is 21.9. The lowest BCUT2D eigenvalue weighted by atomic mass is 9.97. The van der Waals surface area contributed by atoms with E-state index in [-0.39, 0.29) is 58.6 Å². The number of unbranched alkanes of at least 4 members (excludes halogenated alkanes) is 4. The van der Waals surface area contributed by atoms with Crippen molar-refractivity contribution in [3.63, 3.8) is 0 Å². The second-order valence-electron chi connectivity index (χ2n) is 20.8. The van der Waals surface area contributed by atoms with Gasteiger partial charge in [0.05, 0.1) is 65.0 Å². The highest BCUT2D eigenvalue weighted by atomic mass is 16.7. The van der Waals surface area contributed by atoms with E-state index in [4.69, 9.17) is 42.6 Å². The van der Waals surface area contributed by atoms with E-state index in [0.717, 1.165) is 64.6 Å². The van der Waals surface area contributed by atoms with Crippen molar-refractivity contribution < 1.29 is 52.2 Å². The molecular formula is C70H82N2O11. The van der Waals surface area contributed by atoms with Crippen LogP contribution in [0.4, 0.5) is 4.79 Å². The fourth-order valence-corrected chi connectivity index (χ4v) is 9.95. The number of hydrogen-bond donors (Lipinski definition) is 2. The summed E-state index contributed by atoms with van der Waals surface area (Å²) in [4.78, 5) is 26.7. The van der Waals surface area contributed by atoms with E-state index < -0.39 is 55.0 Å².